The van der Waals surface area contributed by atoms with Gasteiger partial charge in [-0.05, 0) is 50.0 Å². The second kappa shape index (κ2) is 10.9. The number of hydrogen-bond acceptors (Lipinski definition) is 4. The summed E-state index contributed by atoms with van der Waals surface area (Å²) in [6.45, 7) is 5.67. The van der Waals surface area contributed by atoms with Crippen molar-refractivity contribution in [2.75, 3.05) is 19.6 Å². The van der Waals surface area contributed by atoms with Crippen LogP contribution in [0.2, 0.25) is 0 Å². The lowest BCUT2D eigenvalue weighted by Crippen LogP contribution is -2.39. The Hall–Kier alpha value is -2.96. The zero-order valence-electron chi connectivity index (χ0n) is 17.9. The number of nitrogens with zero attached hydrogens (tertiary/aromatic N) is 2. The van der Waals surface area contributed by atoms with Crippen molar-refractivity contribution >= 4 is 23.2 Å². The van der Waals surface area contributed by atoms with Gasteiger partial charge >= 0.3 is 5.97 Å². The summed E-state index contributed by atoms with van der Waals surface area (Å²) >= 11 is 0. The Kier molecular flexibility index (Phi) is 7.98. The van der Waals surface area contributed by atoms with E-state index in [4.69, 9.17) is 5.11 Å². The number of hydrogen-bond donors (Lipinski definition) is 2. The third kappa shape index (κ3) is 6.26. The largest absolute Gasteiger partial charge is 0.478 e. The van der Waals surface area contributed by atoms with E-state index in [1.807, 2.05) is 35.0 Å². The van der Waals surface area contributed by atoms with Gasteiger partial charge in [-0.1, -0.05) is 43.3 Å². The van der Waals surface area contributed by atoms with Crippen molar-refractivity contribution in [1.29, 1.82) is 0 Å². The number of aromatic carboxylic acids is 1. The van der Waals surface area contributed by atoms with E-state index < -0.39 is 12.1 Å². The number of fused-ring (bicyclic) bond motifs is 1. The molecule has 0 radical (unpaired) electrons. The molecule has 6 nitrogen and oxygen atoms in total. The molecular formula is C25H30N2O4. The monoisotopic (exact) mass is 422 g/mol. The van der Waals surface area contributed by atoms with Crippen LogP contribution in [0, 0.1) is 5.92 Å². The quantitative estimate of drug-likeness (QED) is 0.588. The van der Waals surface area contributed by atoms with Gasteiger partial charge < -0.3 is 19.7 Å². The second-order valence-electron chi connectivity index (χ2n) is 8.18. The molecule has 164 valence electrons. The molecule has 1 atom stereocenters. The smallest absolute Gasteiger partial charge is 0.335 e. The maximum atomic E-state index is 11.2. The number of carbonyl (C=O) groups excluding carboxylic acids is 1. The SMILES string of the molecule is CC1CCN(CC(O)Cn2cc(C=O)c3ccccc32)CC1.O=C(O)c1ccccc1. The summed E-state index contributed by atoms with van der Waals surface area (Å²) in [6.07, 6.45) is 4.75. The molecule has 0 bridgehead atoms. The van der Waals surface area contributed by atoms with Crippen LogP contribution >= 0.6 is 0 Å². The molecule has 1 aromatic heterocycles. The molecule has 31 heavy (non-hydrogen) atoms. The Morgan fingerprint density at radius 3 is 2.32 bits per heavy atom. The van der Waals surface area contributed by atoms with Crippen molar-refractivity contribution < 1.29 is 19.8 Å². The van der Waals surface area contributed by atoms with Crippen LogP contribution in [0.25, 0.3) is 10.9 Å². The summed E-state index contributed by atoms with van der Waals surface area (Å²) in [5, 5.41) is 19.8. The van der Waals surface area contributed by atoms with Crippen LogP contribution in [0.15, 0.2) is 60.8 Å². The Morgan fingerprint density at radius 2 is 1.71 bits per heavy atom. The summed E-state index contributed by atoms with van der Waals surface area (Å²) in [7, 11) is 0. The molecule has 1 unspecified atom stereocenters. The summed E-state index contributed by atoms with van der Waals surface area (Å²) in [5.74, 6) is -0.0764. The molecule has 4 rings (SSSR count). The number of carboxylic acids is 1. The van der Waals surface area contributed by atoms with E-state index in [1.165, 1.54) is 12.8 Å². The van der Waals surface area contributed by atoms with Gasteiger partial charge in [-0.2, -0.15) is 0 Å². The van der Waals surface area contributed by atoms with E-state index in [-0.39, 0.29) is 0 Å². The molecule has 1 aliphatic rings. The van der Waals surface area contributed by atoms with Crippen molar-refractivity contribution in [3.8, 4) is 0 Å². The third-order valence-corrected chi connectivity index (χ3v) is 5.72. The summed E-state index contributed by atoms with van der Waals surface area (Å²) < 4.78 is 2.00. The number of carboxylic acid groups (broad SMARTS) is 1. The number of aliphatic hydroxyl groups excluding tert-OH is 1. The van der Waals surface area contributed by atoms with E-state index in [1.54, 1.807) is 30.3 Å². The van der Waals surface area contributed by atoms with Crippen LogP contribution in [0.3, 0.4) is 0 Å². The molecule has 0 aliphatic carbocycles. The Balaban J connectivity index is 0.000000254. The predicted molar refractivity (Wildman–Crippen MR) is 122 cm³/mol. The van der Waals surface area contributed by atoms with Gasteiger partial charge in [0.1, 0.15) is 0 Å². The fourth-order valence-electron chi connectivity index (χ4n) is 3.93. The summed E-state index contributed by atoms with van der Waals surface area (Å²) in [4.78, 5) is 23.7. The van der Waals surface area contributed by atoms with Gasteiger partial charge in [-0.3, -0.25) is 4.79 Å². The van der Waals surface area contributed by atoms with Crippen LogP contribution in [-0.4, -0.2) is 57.7 Å². The molecule has 2 N–H and O–H groups in total. The number of aromatic nitrogens is 1. The van der Waals surface area contributed by atoms with Gasteiger partial charge in [-0.15, -0.1) is 0 Å². The van der Waals surface area contributed by atoms with Crippen molar-refractivity contribution in [2.24, 2.45) is 5.92 Å². The highest BCUT2D eigenvalue weighted by Crippen LogP contribution is 2.21. The molecule has 2 heterocycles. The first-order valence-electron chi connectivity index (χ1n) is 10.7. The molecule has 0 spiro atoms. The Morgan fingerprint density at radius 1 is 1.06 bits per heavy atom. The fourth-order valence-corrected chi connectivity index (χ4v) is 3.93. The first-order chi connectivity index (χ1) is 15.0. The summed E-state index contributed by atoms with van der Waals surface area (Å²) in [6, 6.07) is 16.1. The molecule has 0 amide bonds. The van der Waals surface area contributed by atoms with E-state index in [9.17, 15) is 14.7 Å². The lowest BCUT2D eigenvalue weighted by Gasteiger charge is -2.31. The number of piperidine rings is 1. The molecular weight excluding hydrogens is 392 g/mol. The molecule has 3 aromatic rings. The highest BCUT2D eigenvalue weighted by molar-refractivity contribution is 5.97. The van der Waals surface area contributed by atoms with E-state index in [2.05, 4.69) is 11.8 Å². The van der Waals surface area contributed by atoms with Gasteiger partial charge in [0.25, 0.3) is 0 Å². The number of likely N-dealkylation sites (tertiary alicyclic amines) is 1. The molecule has 6 heteroatoms. The lowest BCUT2D eigenvalue weighted by atomic mass is 9.99. The maximum absolute atomic E-state index is 11.2. The lowest BCUT2D eigenvalue weighted by molar-refractivity contribution is 0.0696. The minimum Gasteiger partial charge on any atom is -0.478 e. The predicted octanol–water partition coefficient (Wildman–Crippen LogP) is 3.93. The van der Waals surface area contributed by atoms with Gasteiger partial charge in [0, 0.05) is 35.8 Å². The highest BCUT2D eigenvalue weighted by atomic mass is 16.4. The number of carbonyl (C=O) groups is 2. The van der Waals surface area contributed by atoms with Crippen molar-refractivity contribution in [3.05, 3.63) is 71.9 Å². The first kappa shape index (κ1) is 22.7. The number of aldehydes is 1. The van der Waals surface area contributed by atoms with Crippen LogP contribution < -0.4 is 0 Å². The van der Waals surface area contributed by atoms with Gasteiger partial charge in [0.15, 0.2) is 6.29 Å². The van der Waals surface area contributed by atoms with Crippen LogP contribution in [-0.2, 0) is 6.54 Å². The van der Waals surface area contributed by atoms with E-state index in [0.717, 1.165) is 36.2 Å². The molecule has 1 saturated heterocycles. The average molecular weight is 423 g/mol. The number of para-hydroxylation sites is 1. The summed E-state index contributed by atoms with van der Waals surface area (Å²) in [5.41, 5.74) is 2.03. The minimum atomic E-state index is -0.879. The van der Waals surface area contributed by atoms with Crippen LogP contribution in [0.1, 0.15) is 40.5 Å². The fraction of sp³-hybridized carbons (Fsp3) is 0.360. The second-order valence-corrected chi connectivity index (χ2v) is 8.18. The van der Waals surface area contributed by atoms with E-state index >= 15 is 0 Å². The minimum absolute atomic E-state index is 0.331. The molecule has 1 aliphatic heterocycles. The molecule has 0 saturated carbocycles. The van der Waals surface area contributed by atoms with Gasteiger partial charge in [-0.25, -0.2) is 4.79 Å². The van der Waals surface area contributed by atoms with Crippen molar-refractivity contribution in [1.82, 2.24) is 9.47 Å². The maximum Gasteiger partial charge on any atom is 0.335 e. The standard InChI is InChI=1S/C18H24N2O2.C7H6O2/c1-14-6-8-19(9-7-14)11-16(22)12-20-10-15(13-21)17-4-2-3-5-18(17)20;8-7(9)6-4-2-1-3-5-6/h2-5,10,13-14,16,22H,6-9,11-12H2,1H3;1-5H,(H,8,9). The topological polar surface area (TPSA) is 82.8 Å². The van der Waals surface area contributed by atoms with E-state index in [0.29, 0.717) is 24.2 Å². The third-order valence-electron chi connectivity index (χ3n) is 5.72. The Labute approximate surface area is 182 Å². The number of β-amino-alcohol motifs (C(OH)–C–C–N with tert-alkyl or cyclic N) is 1. The Bertz CT molecular complexity index is 991. The van der Waals surface area contributed by atoms with Gasteiger partial charge in [0.05, 0.1) is 11.7 Å². The van der Waals surface area contributed by atoms with Crippen LogP contribution in [0.4, 0.5) is 0 Å². The average Bonchev–Trinajstić information content (AvgIpc) is 3.14. The van der Waals surface area contributed by atoms with Crippen molar-refractivity contribution in [2.45, 2.75) is 32.4 Å². The number of aliphatic hydroxyl groups is 1. The van der Waals surface area contributed by atoms with Crippen molar-refractivity contribution in [3.63, 3.8) is 0 Å². The zero-order chi connectivity index (χ0) is 22.2. The number of rotatable bonds is 6. The first-order valence-corrected chi connectivity index (χ1v) is 10.7. The van der Waals surface area contributed by atoms with Gasteiger partial charge in [0.2, 0.25) is 0 Å². The molecule has 2 aromatic carbocycles. The zero-order valence-corrected chi connectivity index (χ0v) is 17.9. The normalized spacial score (nSPS) is 15.8. The highest BCUT2D eigenvalue weighted by Gasteiger charge is 2.19. The van der Waals surface area contributed by atoms with Crippen LogP contribution in [0.5, 0.6) is 0 Å². The number of benzene rings is 2. The molecule has 1 fully saturated rings.